The number of carbonyl (C=O) groups is 2. The first-order valence-electron chi connectivity index (χ1n) is 8.99. The zero-order valence-corrected chi connectivity index (χ0v) is 15.9. The van der Waals surface area contributed by atoms with E-state index in [9.17, 15) is 9.59 Å². The Morgan fingerprint density at radius 3 is 2.63 bits per heavy atom. The standard InChI is InChI=1S/C20H22N4O2S/c21-14-16-2-4-18(5-3-16)22-19(25)6-10-23-8-1-9-24(12-11-23)20(26)17-7-13-27-15-17/h2-5,7,13,15H,1,6,8-12H2,(H,22,25). The minimum Gasteiger partial charge on any atom is -0.337 e. The fourth-order valence-corrected chi connectivity index (χ4v) is 3.71. The van der Waals surface area contributed by atoms with E-state index in [-0.39, 0.29) is 11.8 Å². The van der Waals surface area contributed by atoms with Crippen LogP contribution >= 0.6 is 11.3 Å². The summed E-state index contributed by atoms with van der Waals surface area (Å²) in [5, 5.41) is 15.5. The Labute approximate surface area is 163 Å². The van der Waals surface area contributed by atoms with Gasteiger partial charge in [0.15, 0.2) is 0 Å². The Morgan fingerprint density at radius 1 is 1.11 bits per heavy atom. The van der Waals surface area contributed by atoms with E-state index in [1.165, 1.54) is 11.3 Å². The summed E-state index contributed by atoms with van der Waals surface area (Å²) in [4.78, 5) is 28.8. The molecule has 140 valence electrons. The highest BCUT2D eigenvalue weighted by molar-refractivity contribution is 7.08. The van der Waals surface area contributed by atoms with Gasteiger partial charge in [0, 0.05) is 43.7 Å². The molecule has 0 bridgehead atoms. The maximum Gasteiger partial charge on any atom is 0.254 e. The van der Waals surface area contributed by atoms with Crippen LogP contribution in [-0.2, 0) is 4.79 Å². The van der Waals surface area contributed by atoms with Gasteiger partial charge in [-0.3, -0.25) is 9.59 Å². The van der Waals surface area contributed by atoms with Crippen LogP contribution in [0.4, 0.5) is 5.69 Å². The summed E-state index contributed by atoms with van der Waals surface area (Å²) < 4.78 is 0. The second-order valence-electron chi connectivity index (χ2n) is 6.49. The van der Waals surface area contributed by atoms with E-state index in [0.717, 1.165) is 31.6 Å². The zero-order valence-electron chi connectivity index (χ0n) is 15.1. The monoisotopic (exact) mass is 382 g/mol. The van der Waals surface area contributed by atoms with E-state index < -0.39 is 0 Å². The highest BCUT2D eigenvalue weighted by Crippen LogP contribution is 2.13. The number of nitriles is 1. The Kier molecular flexibility index (Phi) is 6.58. The van der Waals surface area contributed by atoms with Crippen LogP contribution in [0.5, 0.6) is 0 Å². The number of carbonyl (C=O) groups excluding carboxylic acids is 2. The van der Waals surface area contributed by atoms with Gasteiger partial charge in [-0.25, -0.2) is 0 Å². The topological polar surface area (TPSA) is 76.4 Å². The normalized spacial score (nSPS) is 15.0. The summed E-state index contributed by atoms with van der Waals surface area (Å²) >= 11 is 1.53. The minimum atomic E-state index is -0.0461. The number of hydrogen-bond acceptors (Lipinski definition) is 5. The molecule has 2 aromatic rings. The number of nitrogens with zero attached hydrogens (tertiary/aromatic N) is 3. The predicted octanol–water partition coefficient (Wildman–Crippen LogP) is 2.80. The van der Waals surface area contributed by atoms with Gasteiger partial charge in [0.25, 0.3) is 5.91 Å². The zero-order chi connectivity index (χ0) is 19.1. The van der Waals surface area contributed by atoms with E-state index in [0.29, 0.717) is 30.8 Å². The van der Waals surface area contributed by atoms with Crippen LogP contribution in [-0.4, -0.2) is 54.3 Å². The molecule has 1 N–H and O–H groups in total. The molecule has 0 atom stereocenters. The van der Waals surface area contributed by atoms with Gasteiger partial charge in [-0.1, -0.05) is 0 Å². The predicted molar refractivity (Wildman–Crippen MR) is 106 cm³/mol. The van der Waals surface area contributed by atoms with Crippen LogP contribution in [0.1, 0.15) is 28.8 Å². The lowest BCUT2D eigenvalue weighted by atomic mass is 10.2. The van der Waals surface area contributed by atoms with E-state index in [1.54, 1.807) is 24.3 Å². The van der Waals surface area contributed by atoms with Crippen LogP contribution < -0.4 is 5.32 Å². The molecular weight excluding hydrogens is 360 g/mol. The van der Waals surface area contributed by atoms with Gasteiger partial charge in [0.1, 0.15) is 0 Å². The molecule has 2 amide bonds. The second-order valence-corrected chi connectivity index (χ2v) is 7.27. The lowest BCUT2D eigenvalue weighted by molar-refractivity contribution is -0.116. The molecule has 0 spiro atoms. The van der Waals surface area contributed by atoms with Crippen molar-refractivity contribution in [3.8, 4) is 6.07 Å². The third-order valence-electron chi connectivity index (χ3n) is 4.60. The fraction of sp³-hybridized carbons (Fsp3) is 0.350. The Morgan fingerprint density at radius 2 is 1.93 bits per heavy atom. The molecular formula is C20H22N4O2S. The lowest BCUT2D eigenvalue weighted by Gasteiger charge is -2.21. The lowest BCUT2D eigenvalue weighted by Crippen LogP contribution is -2.35. The molecule has 27 heavy (non-hydrogen) atoms. The van der Waals surface area contributed by atoms with Crippen LogP contribution in [0.15, 0.2) is 41.1 Å². The van der Waals surface area contributed by atoms with Crippen LogP contribution in [0.25, 0.3) is 0 Å². The summed E-state index contributed by atoms with van der Waals surface area (Å²) in [7, 11) is 0. The maximum absolute atomic E-state index is 12.5. The summed E-state index contributed by atoms with van der Waals surface area (Å²) in [6.45, 7) is 3.77. The van der Waals surface area contributed by atoms with Crippen molar-refractivity contribution in [1.82, 2.24) is 9.80 Å². The average molecular weight is 382 g/mol. The molecule has 1 fully saturated rings. The maximum atomic E-state index is 12.5. The van der Waals surface area contributed by atoms with Crippen molar-refractivity contribution < 1.29 is 9.59 Å². The number of anilines is 1. The molecule has 6 nitrogen and oxygen atoms in total. The van der Waals surface area contributed by atoms with Crippen molar-refractivity contribution in [2.24, 2.45) is 0 Å². The summed E-state index contributed by atoms with van der Waals surface area (Å²) in [5.41, 5.74) is 2.02. The van der Waals surface area contributed by atoms with Crippen molar-refractivity contribution in [3.05, 3.63) is 52.2 Å². The molecule has 1 aliphatic heterocycles. The smallest absolute Gasteiger partial charge is 0.254 e. The molecule has 2 heterocycles. The molecule has 0 saturated carbocycles. The minimum absolute atomic E-state index is 0.0461. The molecule has 1 aromatic carbocycles. The Balaban J connectivity index is 1.44. The van der Waals surface area contributed by atoms with Crippen molar-refractivity contribution >= 4 is 28.8 Å². The van der Waals surface area contributed by atoms with Gasteiger partial charge in [0.05, 0.1) is 17.2 Å². The summed E-state index contributed by atoms with van der Waals surface area (Å²) in [5.74, 6) is 0.0480. The number of rotatable bonds is 5. The fourth-order valence-electron chi connectivity index (χ4n) is 3.08. The van der Waals surface area contributed by atoms with E-state index in [1.807, 2.05) is 21.7 Å². The van der Waals surface area contributed by atoms with E-state index in [4.69, 9.17) is 5.26 Å². The molecule has 0 unspecified atom stereocenters. The quantitative estimate of drug-likeness (QED) is 0.863. The van der Waals surface area contributed by atoms with E-state index >= 15 is 0 Å². The van der Waals surface area contributed by atoms with Gasteiger partial charge in [-0.2, -0.15) is 16.6 Å². The van der Waals surface area contributed by atoms with Gasteiger partial charge >= 0.3 is 0 Å². The summed E-state index contributed by atoms with van der Waals surface area (Å²) in [6, 6.07) is 10.8. The highest BCUT2D eigenvalue weighted by Gasteiger charge is 2.20. The largest absolute Gasteiger partial charge is 0.337 e. The third kappa shape index (κ3) is 5.39. The van der Waals surface area contributed by atoms with Crippen LogP contribution in [0.2, 0.25) is 0 Å². The first kappa shape index (κ1) is 19.1. The molecule has 0 aliphatic carbocycles. The molecule has 0 radical (unpaired) electrons. The molecule has 1 aromatic heterocycles. The number of amides is 2. The molecule has 7 heteroatoms. The number of benzene rings is 1. The molecule has 3 rings (SSSR count). The Hall–Kier alpha value is -2.69. The summed E-state index contributed by atoms with van der Waals surface area (Å²) in [6.07, 6.45) is 1.31. The second kappa shape index (κ2) is 9.31. The first-order chi connectivity index (χ1) is 13.2. The molecule has 1 aliphatic rings. The number of thiophene rings is 1. The third-order valence-corrected chi connectivity index (χ3v) is 5.28. The molecule has 1 saturated heterocycles. The van der Waals surface area contributed by atoms with E-state index in [2.05, 4.69) is 16.3 Å². The van der Waals surface area contributed by atoms with Gasteiger partial charge < -0.3 is 15.1 Å². The van der Waals surface area contributed by atoms with Crippen molar-refractivity contribution in [1.29, 1.82) is 5.26 Å². The van der Waals surface area contributed by atoms with Crippen LogP contribution in [0.3, 0.4) is 0 Å². The Bertz CT molecular complexity index is 812. The van der Waals surface area contributed by atoms with Crippen LogP contribution in [0, 0.1) is 11.3 Å². The first-order valence-corrected chi connectivity index (χ1v) is 9.94. The van der Waals surface area contributed by atoms with Crippen molar-refractivity contribution in [2.75, 3.05) is 38.0 Å². The SMILES string of the molecule is N#Cc1ccc(NC(=O)CCN2CCCN(C(=O)c3ccsc3)CC2)cc1. The highest BCUT2D eigenvalue weighted by atomic mass is 32.1. The average Bonchev–Trinajstić information content (AvgIpc) is 3.12. The van der Waals surface area contributed by atoms with Gasteiger partial charge in [-0.05, 0) is 48.7 Å². The number of hydrogen-bond donors (Lipinski definition) is 1. The number of nitrogens with one attached hydrogen (secondary N) is 1. The van der Waals surface area contributed by atoms with Crippen molar-refractivity contribution in [3.63, 3.8) is 0 Å². The van der Waals surface area contributed by atoms with Crippen molar-refractivity contribution in [2.45, 2.75) is 12.8 Å². The van der Waals surface area contributed by atoms with Gasteiger partial charge in [-0.15, -0.1) is 0 Å². The van der Waals surface area contributed by atoms with Gasteiger partial charge in [0.2, 0.25) is 5.91 Å².